The van der Waals surface area contributed by atoms with Crippen LogP contribution in [0.2, 0.25) is 0 Å². The van der Waals surface area contributed by atoms with Gasteiger partial charge in [-0.3, -0.25) is 23.3 Å². The number of nitrogens with zero attached hydrogens (tertiary/aromatic N) is 4. The van der Waals surface area contributed by atoms with Gasteiger partial charge in [0, 0.05) is 44.0 Å². The molecule has 2 aliphatic rings. The van der Waals surface area contributed by atoms with Crippen molar-refractivity contribution in [3.8, 4) is 0 Å². The number of hydrogen-bond acceptors (Lipinski definition) is 17. The van der Waals surface area contributed by atoms with E-state index >= 15 is 0 Å². The van der Waals surface area contributed by atoms with Crippen LogP contribution in [0.5, 0.6) is 0 Å². The quantitative estimate of drug-likeness (QED) is 0.0500. The van der Waals surface area contributed by atoms with Crippen LogP contribution in [0, 0.1) is 0 Å². The number of esters is 2. The van der Waals surface area contributed by atoms with Gasteiger partial charge in [-0.15, -0.1) is 0 Å². The van der Waals surface area contributed by atoms with Gasteiger partial charge in [0.1, 0.15) is 33.3 Å². The summed E-state index contributed by atoms with van der Waals surface area (Å²) in [6, 6.07) is 37.9. The van der Waals surface area contributed by atoms with Gasteiger partial charge in [0.15, 0.2) is 37.2 Å². The van der Waals surface area contributed by atoms with E-state index < -0.39 is 86.2 Å². The molecule has 0 amide bonds. The van der Waals surface area contributed by atoms with Crippen molar-refractivity contribution in [3.05, 3.63) is 210 Å². The van der Waals surface area contributed by atoms with Crippen molar-refractivity contribution < 1.29 is 61.1 Å². The molecule has 0 saturated carbocycles. The minimum atomic E-state index is -3.03. The van der Waals surface area contributed by atoms with Gasteiger partial charge in [-0.2, -0.15) is 0 Å². The first-order chi connectivity index (χ1) is 36.5. The molecule has 0 bridgehead atoms. The van der Waals surface area contributed by atoms with Crippen LogP contribution < -0.4 is 22.5 Å². The van der Waals surface area contributed by atoms with E-state index in [1.165, 1.54) is 35.8 Å². The number of carbonyl (C=O) groups excluding carboxylic acids is 2. The van der Waals surface area contributed by atoms with Crippen molar-refractivity contribution >= 4 is 26.4 Å². The number of benzene rings is 4. The molecule has 4 heterocycles. The van der Waals surface area contributed by atoms with E-state index in [0.29, 0.717) is 11.1 Å². The second-order valence-corrected chi connectivity index (χ2v) is 24.0. The Labute approximate surface area is 437 Å². The van der Waals surface area contributed by atoms with Crippen LogP contribution in [-0.4, -0.2) is 94.3 Å². The normalized spacial score (nSPS) is 20.0. The molecule has 76 heavy (non-hydrogen) atoms. The molecular weight excluding hydrogens is 1030 g/mol. The van der Waals surface area contributed by atoms with Crippen molar-refractivity contribution in [3.63, 3.8) is 0 Å². The van der Waals surface area contributed by atoms with Crippen molar-refractivity contribution in [2.75, 3.05) is 39.3 Å². The predicted octanol–water partition coefficient (Wildman–Crippen LogP) is 6.83. The lowest BCUT2D eigenvalue weighted by Gasteiger charge is -2.22. The van der Waals surface area contributed by atoms with Gasteiger partial charge in [0.25, 0.3) is 11.1 Å². The lowest BCUT2D eigenvalue weighted by Crippen LogP contribution is -2.43. The number of aromatic nitrogens is 4. The van der Waals surface area contributed by atoms with E-state index in [1.807, 2.05) is 60.7 Å². The highest BCUT2D eigenvalue weighted by Crippen LogP contribution is 2.44. The highest BCUT2D eigenvalue weighted by Gasteiger charge is 2.43. The number of hydrogen-bond donors (Lipinski definition) is 0. The molecule has 0 N–H and O–H groups in total. The molecule has 0 spiro atoms. The van der Waals surface area contributed by atoms with Gasteiger partial charge in [0.05, 0.1) is 30.9 Å². The minimum absolute atomic E-state index is 0.0362. The molecule has 3 unspecified atom stereocenters. The maximum atomic E-state index is 13.3. The van der Waals surface area contributed by atoms with Crippen LogP contribution in [0.3, 0.4) is 0 Å². The van der Waals surface area contributed by atoms with Crippen molar-refractivity contribution in [1.82, 2.24) is 18.3 Å². The summed E-state index contributed by atoms with van der Waals surface area (Å²) in [5, 5.41) is 0. The van der Waals surface area contributed by atoms with Gasteiger partial charge in [-0.25, -0.2) is 28.3 Å². The summed E-state index contributed by atoms with van der Waals surface area (Å²) >= 11 is 0. The zero-order valence-corrected chi connectivity index (χ0v) is 44.1. The van der Waals surface area contributed by atoms with Gasteiger partial charge < -0.3 is 47.0 Å². The summed E-state index contributed by atoms with van der Waals surface area (Å²) in [7, 11) is -5.54. The maximum absolute atomic E-state index is 13.3. The molecule has 2 aliphatic heterocycles. The first kappa shape index (κ1) is 57.1. The second-order valence-electron chi connectivity index (χ2n) is 18.1. The van der Waals surface area contributed by atoms with E-state index in [9.17, 15) is 37.9 Å². The highest BCUT2D eigenvalue weighted by atomic mass is 31.2. The third-order valence-electron chi connectivity index (χ3n) is 11.5. The topological polar surface area (TPSA) is 239 Å². The molecule has 2 saturated heterocycles. The Morgan fingerprint density at radius 2 is 0.934 bits per heavy atom. The third kappa shape index (κ3) is 16.2. The van der Waals surface area contributed by atoms with E-state index in [2.05, 4.69) is 0 Å². The molecule has 21 nitrogen and oxygen atoms in total. The fraction of sp³-hybridized carbons (Fsp3) is 0.358. The molecule has 8 rings (SSSR count). The second kappa shape index (κ2) is 26.9. The fourth-order valence-electron chi connectivity index (χ4n) is 7.82. The molecule has 2 aromatic heterocycles. The van der Waals surface area contributed by atoms with E-state index in [4.69, 9.17) is 42.4 Å². The predicted molar refractivity (Wildman–Crippen MR) is 277 cm³/mol. The van der Waals surface area contributed by atoms with Crippen molar-refractivity contribution in [2.45, 2.75) is 83.7 Å². The molecule has 7 atom stereocenters. The highest BCUT2D eigenvalue weighted by molar-refractivity contribution is 7.62. The Bertz CT molecular complexity index is 3200. The average Bonchev–Trinajstić information content (AvgIpc) is 4.02. The maximum Gasteiger partial charge on any atom is 0.338 e. The van der Waals surface area contributed by atoms with Gasteiger partial charge in [-0.1, -0.05) is 97.1 Å². The van der Waals surface area contributed by atoms with Crippen LogP contribution in [0.25, 0.3) is 0 Å². The molecule has 2 fully saturated rings. The number of ether oxygens (including phenoxy) is 8. The molecule has 23 heteroatoms. The van der Waals surface area contributed by atoms with Crippen LogP contribution in [-0.2, 0) is 78.2 Å². The van der Waals surface area contributed by atoms with E-state index in [1.54, 1.807) is 80.9 Å². The Kier molecular flexibility index (Phi) is 20.2. The zero-order chi connectivity index (χ0) is 54.2. The lowest BCUT2D eigenvalue weighted by atomic mass is 10.2. The first-order valence-corrected chi connectivity index (χ1v) is 29.2. The third-order valence-corrected chi connectivity index (χ3v) is 13.7. The van der Waals surface area contributed by atoms with Crippen LogP contribution in [0.1, 0.15) is 64.1 Å². The fourth-order valence-corrected chi connectivity index (χ4v) is 9.41. The largest absolute Gasteiger partial charge is 0.454 e. The summed E-state index contributed by atoms with van der Waals surface area (Å²) in [5.41, 5.74) is -0.0731. The van der Waals surface area contributed by atoms with Gasteiger partial charge in [0.2, 0.25) is 7.37 Å². The van der Waals surface area contributed by atoms with E-state index in [0.717, 1.165) is 24.8 Å². The molecule has 0 radical (unpaired) electrons. The van der Waals surface area contributed by atoms with Crippen LogP contribution >= 0.6 is 14.5 Å². The van der Waals surface area contributed by atoms with Gasteiger partial charge in [-0.05, 0) is 55.6 Å². The lowest BCUT2D eigenvalue weighted by molar-refractivity contribution is -0.147. The molecule has 0 aliphatic carbocycles. The summed E-state index contributed by atoms with van der Waals surface area (Å²) in [6.07, 6.45) is -3.36. The van der Waals surface area contributed by atoms with E-state index in [-0.39, 0.29) is 58.8 Å². The number of rotatable bonds is 22. The summed E-state index contributed by atoms with van der Waals surface area (Å²) in [4.78, 5) is 77.2. The standard InChI is InChI=1S/C27H31N2O9P.C26H29N2O8P/c1-3-36-39(2,33)19-35-24-16-22(37-26(31)21-12-8-5-9-13-21)25(38-24)28-15-14-23(30)29(27(28)32)18-34-17-20-10-6-4-7-11-20;1-37(2,32)18-34-23-15-21(35-25(30)20-11-7-4-8-12-20)24(36-23)27-14-13-22(29)28(26(27)31)17-33-16-19-9-5-3-6-10-19/h4-15,22,24-25H,3,16-19H2,1-2H3;3-14,21,23-24H,15-18H2,1-2H3/t22?,24-,25+,39?;21?,23-,24-/m01/s1. The van der Waals surface area contributed by atoms with Gasteiger partial charge >= 0.3 is 23.3 Å². The molecule has 4 aromatic carbocycles. The summed E-state index contributed by atoms with van der Waals surface area (Å²) < 4.78 is 79.9. The minimum Gasteiger partial charge on any atom is -0.454 e. The smallest absolute Gasteiger partial charge is 0.338 e. The summed E-state index contributed by atoms with van der Waals surface area (Å²) in [6.45, 7) is 6.45. The first-order valence-electron chi connectivity index (χ1n) is 24.2. The molecule has 404 valence electrons. The zero-order valence-electron chi connectivity index (χ0n) is 42.3. The van der Waals surface area contributed by atoms with Crippen molar-refractivity contribution in [2.24, 2.45) is 0 Å². The van der Waals surface area contributed by atoms with Crippen molar-refractivity contribution in [1.29, 1.82) is 0 Å². The molecular formula is C53H60N4O17P2. The average molecular weight is 1090 g/mol. The molecule has 6 aromatic rings. The Morgan fingerprint density at radius 3 is 1.32 bits per heavy atom. The number of carbonyl (C=O) groups is 2. The summed E-state index contributed by atoms with van der Waals surface area (Å²) in [5.74, 6) is -1.21. The SMILES string of the molecule is CCOP(C)(=O)CO[C@@H]1CC(OC(=O)c2ccccc2)[C@H](n2ccc(=O)n(COCc3ccccc3)c2=O)O1.CP(C)(=O)CO[C@H]1CC(OC(=O)c2ccccc2)[C@H](n2ccc(=O)n(COCc3ccccc3)c2=O)O1. The Balaban J connectivity index is 0.000000221. The van der Waals surface area contributed by atoms with Crippen LogP contribution in [0.15, 0.2) is 165 Å². The Hall–Kier alpha value is -6.64. The monoisotopic (exact) mass is 1090 g/mol. The Morgan fingerprint density at radius 1 is 0.553 bits per heavy atom. The van der Waals surface area contributed by atoms with Crippen LogP contribution in [0.4, 0.5) is 0 Å².